The van der Waals surface area contributed by atoms with Gasteiger partial charge in [0.15, 0.2) is 0 Å². The molecule has 0 radical (unpaired) electrons. The van der Waals surface area contributed by atoms with Crippen LogP contribution in [0, 0.1) is 5.82 Å². The van der Waals surface area contributed by atoms with Gasteiger partial charge in [-0.25, -0.2) is 4.39 Å². The maximum atomic E-state index is 12.9. The molecule has 2 nitrogen and oxygen atoms in total. The van der Waals surface area contributed by atoms with Gasteiger partial charge in [0.2, 0.25) is 0 Å². The van der Waals surface area contributed by atoms with Crippen molar-refractivity contribution in [2.45, 2.75) is 18.6 Å². The van der Waals surface area contributed by atoms with E-state index in [-0.39, 0.29) is 0 Å². The zero-order valence-corrected chi connectivity index (χ0v) is 11.1. The number of halogens is 5. The van der Waals surface area contributed by atoms with E-state index in [2.05, 4.69) is 21.2 Å². The molecular formula is C11H12BrF4NO. The highest BCUT2D eigenvalue weighted by molar-refractivity contribution is 9.10. The van der Waals surface area contributed by atoms with Crippen molar-refractivity contribution in [1.29, 1.82) is 0 Å². The first-order valence-corrected chi connectivity index (χ1v) is 5.85. The summed E-state index contributed by atoms with van der Waals surface area (Å²) in [5, 5.41) is 11.5. The third kappa shape index (κ3) is 3.93. The van der Waals surface area contributed by atoms with Crippen molar-refractivity contribution in [3.63, 3.8) is 0 Å². The van der Waals surface area contributed by atoms with Crippen LogP contribution in [0.5, 0.6) is 0 Å². The molecule has 0 fully saturated rings. The quantitative estimate of drug-likeness (QED) is 0.832. The molecule has 0 bridgehead atoms. The molecule has 1 atom stereocenters. The molecule has 0 aliphatic rings. The molecule has 18 heavy (non-hydrogen) atoms. The Morgan fingerprint density at radius 3 is 2.39 bits per heavy atom. The van der Waals surface area contributed by atoms with Crippen LogP contribution < -0.4 is 5.32 Å². The molecular weight excluding hydrogens is 318 g/mol. The van der Waals surface area contributed by atoms with E-state index < -0.39 is 30.7 Å². The zero-order chi connectivity index (χ0) is 14.0. The largest absolute Gasteiger partial charge is 0.401 e. The Bertz CT molecular complexity index is 424. The van der Waals surface area contributed by atoms with E-state index in [0.29, 0.717) is 10.0 Å². The van der Waals surface area contributed by atoms with Crippen LogP contribution in [-0.4, -0.2) is 24.4 Å². The monoisotopic (exact) mass is 329 g/mol. The molecule has 1 aromatic carbocycles. The third-order valence-corrected chi connectivity index (χ3v) is 3.18. The van der Waals surface area contributed by atoms with Crippen LogP contribution >= 0.6 is 15.9 Å². The predicted molar refractivity (Wildman–Crippen MR) is 62.6 cm³/mol. The summed E-state index contributed by atoms with van der Waals surface area (Å²) in [5.41, 5.74) is -0.946. The second-order valence-corrected chi connectivity index (χ2v) is 4.94. The van der Waals surface area contributed by atoms with Gasteiger partial charge < -0.3 is 5.11 Å². The minimum Gasteiger partial charge on any atom is -0.394 e. The van der Waals surface area contributed by atoms with E-state index >= 15 is 0 Å². The standard InChI is InChI=1S/C11H12BrF4NO/c1-10(6-18,17-5-11(14,15)16)8-3-2-7(13)4-9(8)12/h2-4,17-18H,5-6H2,1H3. The lowest BCUT2D eigenvalue weighted by Gasteiger charge is -2.31. The second kappa shape index (κ2) is 5.54. The van der Waals surface area contributed by atoms with Crippen LogP contribution in [0.25, 0.3) is 0 Å². The van der Waals surface area contributed by atoms with Gasteiger partial charge in [-0.1, -0.05) is 22.0 Å². The fourth-order valence-corrected chi connectivity index (χ4v) is 2.26. The van der Waals surface area contributed by atoms with Crippen molar-refractivity contribution in [3.8, 4) is 0 Å². The second-order valence-electron chi connectivity index (χ2n) is 4.08. The molecule has 0 saturated carbocycles. The van der Waals surface area contributed by atoms with E-state index in [9.17, 15) is 22.7 Å². The number of aliphatic hydroxyl groups is 1. The van der Waals surface area contributed by atoms with Crippen LogP contribution in [0.3, 0.4) is 0 Å². The Hall–Kier alpha value is -0.660. The van der Waals surface area contributed by atoms with Gasteiger partial charge in [-0.2, -0.15) is 13.2 Å². The molecule has 0 aliphatic heterocycles. The van der Waals surface area contributed by atoms with E-state index in [4.69, 9.17) is 0 Å². The number of rotatable bonds is 4. The van der Waals surface area contributed by atoms with Crippen LogP contribution in [0.2, 0.25) is 0 Å². The minimum atomic E-state index is -4.39. The van der Waals surface area contributed by atoms with Gasteiger partial charge in [-0.05, 0) is 24.6 Å². The molecule has 1 aromatic rings. The van der Waals surface area contributed by atoms with Crippen LogP contribution in [0.1, 0.15) is 12.5 Å². The van der Waals surface area contributed by atoms with Crippen LogP contribution in [-0.2, 0) is 5.54 Å². The molecule has 1 rings (SSSR count). The Morgan fingerprint density at radius 1 is 1.33 bits per heavy atom. The zero-order valence-electron chi connectivity index (χ0n) is 9.48. The molecule has 0 spiro atoms. The van der Waals surface area contributed by atoms with E-state index in [0.717, 1.165) is 12.1 Å². The molecule has 0 saturated heterocycles. The van der Waals surface area contributed by atoms with Crippen molar-refractivity contribution >= 4 is 15.9 Å². The van der Waals surface area contributed by atoms with Crippen molar-refractivity contribution in [3.05, 3.63) is 34.1 Å². The highest BCUT2D eigenvalue weighted by Crippen LogP contribution is 2.29. The summed E-state index contributed by atoms with van der Waals surface area (Å²) in [6, 6.07) is 3.60. The predicted octanol–water partition coefficient (Wildman–Crippen LogP) is 2.95. The lowest BCUT2D eigenvalue weighted by atomic mass is 9.93. The SMILES string of the molecule is CC(CO)(NCC(F)(F)F)c1ccc(F)cc1Br. The summed E-state index contributed by atoms with van der Waals surface area (Å²) >= 11 is 3.07. The first-order valence-electron chi connectivity index (χ1n) is 5.06. The Morgan fingerprint density at radius 2 is 1.94 bits per heavy atom. The molecule has 1 unspecified atom stereocenters. The fraction of sp³-hybridized carbons (Fsp3) is 0.455. The highest BCUT2D eigenvalue weighted by Gasteiger charge is 2.34. The molecule has 0 aliphatic carbocycles. The fourth-order valence-electron chi connectivity index (χ4n) is 1.47. The number of alkyl halides is 3. The average Bonchev–Trinajstić information content (AvgIpc) is 2.25. The van der Waals surface area contributed by atoms with Gasteiger partial charge in [0.25, 0.3) is 0 Å². The summed E-state index contributed by atoms with van der Waals surface area (Å²) in [6.07, 6.45) is -4.39. The molecule has 0 amide bonds. The van der Waals surface area contributed by atoms with Crippen molar-refractivity contribution in [2.24, 2.45) is 0 Å². The van der Waals surface area contributed by atoms with Crippen LogP contribution in [0.4, 0.5) is 17.6 Å². The first-order chi connectivity index (χ1) is 8.18. The minimum absolute atomic E-state index is 0.300. The third-order valence-electron chi connectivity index (χ3n) is 2.52. The maximum Gasteiger partial charge on any atom is 0.401 e. The molecule has 102 valence electrons. The van der Waals surface area contributed by atoms with Gasteiger partial charge in [0.1, 0.15) is 5.82 Å². The topological polar surface area (TPSA) is 32.3 Å². The maximum absolute atomic E-state index is 12.9. The van der Waals surface area contributed by atoms with Gasteiger partial charge in [-0.15, -0.1) is 0 Å². The summed E-state index contributed by atoms with van der Waals surface area (Å²) in [7, 11) is 0. The summed E-state index contributed by atoms with van der Waals surface area (Å²) in [5.74, 6) is -0.512. The van der Waals surface area contributed by atoms with Crippen molar-refractivity contribution < 1.29 is 22.7 Å². The van der Waals surface area contributed by atoms with E-state index in [1.54, 1.807) is 0 Å². The highest BCUT2D eigenvalue weighted by atomic mass is 79.9. The summed E-state index contributed by atoms with van der Waals surface area (Å²) in [4.78, 5) is 0. The number of nitrogens with one attached hydrogen (secondary N) is 1. The normalized spacial score (nSPS) is 15.5. The number of hydrogen-bond donors (Lipinski definition) is 2. The van der Waals surface area contributed by atoms with Crippen molar-refractivity contribution in [1.82, 2.24) is 5.32 Å². The van der Waals surface area contributed by atoms with Gasteiger partial charge in [-0.3, -0.25) is 5.32 Å². The smallest absolute Gasteiger partial charge is 0.394 e. The Balaban J connectivity index is 2.99. The van der Waals surface area contributed by atoms with Crippen LogP contribution in [0.15, 0.2) is 22.7 Å². The Labute approximate surface area is 110 Å². The van der Waals surface area contributed by atoms with Gasteiger partial charge in [0, 0.05) is 4.47 Å². The lowest BCUT2D eigenvalue weighted by Crippen LogP contribution is -2.47. The Kier molecular flexibility index (Phi) is 4.74. The molecule has 7 heteroatoms. The van der Waals surface area contributed by atoms with Gasteiger partial charge in [0.05, 0.1) is 18.7 Å². The summed E-state index contributed by atoms with van der Waals surface area (Å²) < 4.78 is 49.8. The average molecular weight is 330 g/mol. The molecule has 0 aromatic heterocycles. The lowest BCUT2D eigenvalue weighted by molar-refractivity contribution is -0.129. The number of benzene rings is 1. The summed E-state index contributed by atoms with van der Waals surface area (Å²) in [6.45, 7) is -0.377. The number of hydrogen-bond acceptors (Lipinski definition) is 2. The molecule has 0 heterocycles. The first kappa shape index (κ1) is 15.4. The number of aliphatic hydroxyl groups excluding tert-OH is 1. The van der Waals surface area contributed by atoms with Gasteiger partial charge >= 0.3 is 6.18 Å². The van der Waals surface area contributed by atoms with Crippen molar-refractivity contribution in [2.75, 3.05) is 13.2 Å². The van der Waals surface area contributed by atoms with E-state index in [1.807, 2.05) is 0 Å². The molecule has 2 N–H and O–H groups in total. The van der Waals surface area contributed by atoms with E-state index in [1.165, 1.54) is 13.0 Å².